The van der Waals surface area contributed by atoms with Crippen molar-refractivity contribution in [3.8, 4) is 0 Å². The van der Waals surface area contributed by atoms with Gasteiger partial charge in [0.05, 0.1) is 23.5 Å². The van der Waals surface area contributed by atoms with Crippen LogP contribution in [0.2, 0.25) is 5.02 Å². The molecule has 0 heterocycles. The summed E-state index contributed by atoms with van der Waals surface area (Å²) in [5, 5.41) is 3.13. The molecule has 0 saturated carbocycles. The van der Waals surface area contributed by atoms with E-state index in [4.69, 9.17) is 11.6 Å². The molecule has 2 aromatic rings. The quantitative estimate of drug-likeness (QED) is 0.815. The average Bonchev–Trinajstić information content (AvgIpc) is 2.51. The molecule has 2 rings (SSSR count). The number of anilines is 1. The van der Waals surface area contributed by atoms with Crippen molar-refractivity contribution < 1.29 is 13.2 Å². The number of benzene rings is 2. The molecule has 0 radical (unpaired) electrons. The number of carbonyl (C=O) groups is 1. The third kappa shape index (κ3) is 4.99. The van der Waals surface area contributed by atoms with E-state index >= 15 is 0 Å². The van der Waals surface area contributed by atoms with Crippen molar-refractivity contribution >= 4 is 33.2 Å². The lowest BCUT2D eigenvalue weighted by atomic mass is 10.1. The predicted molar refractivity (Wildman–Crippen MR) is 107 cm³/mol. The fraction of sp³-hybridized carbons (Fsp3) is 0.316. The summed E-state index contributed by atoms with van der Waals surface area (Å²) in [6.45, 7) is 5.89. The molecule has 0 bridgehead atoms. The molecule has 0 atom stereocenters. The number of halogens is 1. The third-order valence-corrected chi connectivity index (χ3v) is 5.38. The molecular weight excluding hydrogens is 372 g/mol. The van der Waals surface area contributed by atoms with Gasteiger partial charge in [-0.05, 0) is 50.1 Å². The normalized spacial score (nSPS) is 11.3. The minimum Gasteiger partial charge on any atom is -0.350 e. The van der Waals surface area contributed by atoms with Gasteiger partial charge in [0.2, 0.25) is 10.0 Å². The fourth-order valence-electron chi connectivity index (χ4n) is 2.83. The van der Waals surface area contributed by atoms with Gasteiger partial charge in [-0.15, -0.1) is 0 Å². The van der Waals surface area contributed by atoms with Crippen LogP contribution in [-0.2, 0) is 10.0 Å². The third-order valence-electron chi connectivity index (χ3n) is 3.93. The van der Waals surface area contributed by atoms with Crippen molar-refractivity contribution in [1.82, 2.24) is 5.32 Å². The Hall–Kier alpha value is -2.05. The number of aryl methyl sites for hydroxylation is 3. The van der Waals surface area contributed by atoms with Crippen molar-refractivity contribution in [3.63, 3.8) is 0 Å². The first-order valence-electron chi connectivity index (χ1n) is 8.19. The number of hydrogen-bond donors (Lipinski definition) is 1. The summed E-state index contributed by atoms with van der Waals surface area (Å²) in [4.78, 5) is 12.2. The van der Waals surface area contributed by atoms with E-state index in [0.717, 1.165) is 22.9 Å². The van der Waals surface area contributed by atoms with Gasteiger partial charge < -0.3 is 5.32 Å². The molecule has 0 aliphatic heterocycles. The molecular formula is C19H23ClN2O3S. The van der Waals surface area contributed by atoms with Crippen LogP contribution in [0.1, 0.15) is 27.0 Å². The van der Waals surface area contributed by atoms with Gasteiger partial charge in [-0.25, -0.2) is 8.42 Å². The van der Waals surface area contributed by atoms with Crippen LogP contribution in [0.5, 0.6) is 0 Å². The SMILES string of the molecule is Cc1cccc(C(=O)NCCN(c2c(C)cc(C)cc2Cl)S(C)(=O)=O)c1. The highest BCUT2D eigenvalue weighted by Crippen LogP contribution is 2.32. The molecule has 5 nitrogen and oxygen atoms in total. The Morgan fingerprint density at radius 1 is 1.12 bits per heavy atom. The van der Waals surface area contributed by atoms with Gasteiger partial charge in [-0.2, -0.15) is 0 Å². The smallest absolute Gasteiger partial charge is 0.251 e. The van der Waals surface area contributed by atoms with Gasteiger partial charge in [-0.1, -0.05) is 35.4 Å². The van der Waals surface area contributed by atoms with E-state index in [0.29, 0.717) is 16.3 Å². The zero-order valence-electron chi connectivity index (χ0n) is 15.3. The van der Waals surface area contributed by atoms with E-state index < -0.39 is 10.0 Å². The lowest BCUT2D eigenvalue weighted by Crippen LogP contribution is -2.38. The molecule has 1 amide bonds. The van der Waals surface area contributed by atoms with E-state index in [-0.39, 0.29) is 19.0 Å². The van der Waals surface area contributed by atoms with Gasteiger partial charge in [0, 0.05) is 12.1 Å². The van der Waals surface area contributed by atoms with Gasteiger partial charge in [0.15, 0.2) is 0 Å². The minimum absolute atomic E-state index is 0.0972. The molecule has 0 saturated heterocycles. The molecule has 1 N–H and O–H groups in total. The molecule has 0 spiro atoms. The van der Waals surface area contributed by atoms with E-state index in [9.17, 15) is 13.2 Å². The molecule has 2 aromatic carbocycles. The predicted octanol–water partition coefficient (Wildman–Crippen LogP) is 3.46. The van der Waals surface area contributed by atoms with Crippen LogP contribution in [0.25, 0.3) is 0 Å². The molecule has 0 aromatic heterocycles. The number of hydrogen-bond acceptors (Lipinski definition) is 3. The molecule has 0 aliphatic rings. The molecule has 26 heavy (non-hydrogen) atoms. The monoisotopic (exact) mass is 394 g/mol. The lowest BCUT2D eigenvalue weighted by Gasteiger charge is -2.25. The van der Waals surface area contributed by atoms with Crippen LogP contribution in [0.15, 0.2) is 36.4 Å². The van der Waals surface area contributed by atoms with Crippen molar-refractivity contribution in [1.29, 1.82) is 0 Å². The molecule has 7 heteroatoms. The van der Waals surface area contributed by atoms with Gasteiger partial charge >= 0.3 is 0 Å². The summed E-state index contributed by atoms with van der Waals surface area (Å²) in [5.41, 5.74) is 3.70. The standard InChI is InChI=1S/C19H23ClN2O3S/c1-13-6-5-7-16(11-13)19(23)21-8-9-22(26(4,24)25)18-15(3)10-14(2)12-17(18)20/h5-7,10-12H,8-9H2,1-4H3,(H,21,23). The van der Waals surface area contributed by atoms with Crippen LogP contribution in [0.3, 0.4) is 0 Å². The van der Waals surface area contributed by atoms with Gasteiger partial charge in [-0.3, -0.25) is 9.10 Å². The maximum atomic E-state index is 12.3. The second kappa shape index (κ2) is 8.10. The van der Waals surface area contributed by atoms with Crippen LogP contribution < -0.4 is 9.62 Å². The maximum Gasteiger partial charge on any atom is 0.251 e. The Balaban J connectivity index is 2.17. The number of nitrogens with one attached hydrogen (secondary N) is 1. The number of carbonyl (C=O) groups excluding carboxylic acids is 1. The van der Waals surface area contributed by atoms with E-state index in [1.54, 1.807) is 18.2 Å². The Morgan fingerprint density at radius 2 is 1.81 bits per heavy atom. The maximum absolute atomic E-state index is 12.3. The Morgan fingerprint density at radius 3 is 2.38 bits per heavy atom. The average molecular weight is 395 g/mol. The highest BCUT2D eigenvalue weighted by molar-refractivity contribution is 7.92. The van der Waals surface area contributed by atoms with Gasteiger partial charge in [0.25, 0.3) is 5.91 Å². The van der Waals surface area contributed by atoms with Crippen molar-refractivity contribution in [2.45, 2.75) is 20.8 Å². The first-order chi connectivity index (χ1) is 12.1. The summed E-state index contributed by atoms with van der Waals surface area (Å²) >= 11 is 6.30. The Labute approximate surface area is 160 Å². The Bertz CT molecular complexity index is 903. The first-order valence-corrected chi connectivity index (χ1v) is 10.4. The summed E-state index contributed by atoms with van der Waals surface area (Å²) in [6.07, 6.45) is 1.13. The molecule has 0 unspecified atom stereocenters. The van der Waals surface area contributed by atoms with Gasteiger partial charge in [0.1, 0.15) is 0 Å². The topological polar surface area (TPSA) is 66.5 Å². The molecule has 140 valence electrons. The van der Waals surface area contributed by atoms with E-state index in [1.807, 2.05) is 39.0 Å². The summed E-state index contributed by atoms with van der Waals surface area (Å²) in [6, 6.07) is 10.8. The van der Waals surface area contributed by atoms with Crippen LogP contribution in [0.4, 0.5) is 5.69 Å². The van der Waals surface area contributed by atoms with E-state index in [2.05, 4.69) is 5.32 Å². The van der Waals surface area contributed by atoms with E-state index in [1.165, 1.54) is 4.31 Å². The zero-order chi connectivity index (χ0) is 19.5. The minimum atomic E-state index is -3.55. The van der Waals surface area contributed by atoms with Crippen molar-refractivity contribution in [3.05, 3.63) is 63.7 Å². The fourth-order valence-corrected chi connectivity index (χ4v) is 4.30. The molecule has 0 aliphatic carbocycles. The van der Waals surface area contributed by atoms with Crippen molar-refractivity contribution in [2.75, 3.05) is 23.7 Å². The molecule has 0 fully saturated rings. The van der Waals surface area contributed by atoms with Crippen LogP contribution in [-0.4, -0.2) is 33.7 Å². The number of nitrogens with zero attached hydrogens (tertiary/aromatic N) is 1. The summed E-state index contributed by atoms with van der Waals surface area (Å²) in [7, 11) is -3.55. The lowest BCUT2D eigenvalue weighted by molar-refractivity contribution is 0.0954. The number of rotatable bonds is 6. The highest BCUT2D eigenvalue weighted by Gasteiger charge is 2.22. The number of sulfonamides is 1. The summed E-state index contributed by atoms with van der Waals surface area (Å²) in [5.74, 6) is -0.242. The second-order valence-corrected chi connectivity index (χ2v) is 8.69. The van der Waals surface area contributed by atoms with Crippen molar-refractivity contribution in [2.24, 2.45) is 0 Å². The first kappa shape index (κ1) is 20.3. The largest absolute Gasteiger partial charge is 0.350 e. The Kier molecular flexibility index (Phi) is 6.31. The highest BCUT2D eigenvalue weighted by atomic mass is 35.5. The van der Waals surface area contributed by atoms with Crippen LogP contribution in [0, 0.1) is 20.8 Å². The van der Waals surface area contributed by atoms with Crippen LogP contribution >= 0.6 is 11.6 Å². The second-order valence-electron chi connectivity index (χ2n) is 6.37. The summed E-state index contributed by atoms with van der Waals surface area (Å²) < 4.78 is 25.8. The number of amides is 1. The zero-order valence-corrected chi connectivity index (χ0v) is 16.9.